The Kier molecular flexibility index (Phi) is 4.33. The zero-order valence-electron chi connectivity index (χ0n) is 11.0. The van der Waals surface area contributed by atoms with Gasteiger partial charge in [0.25, 0.3) is 0 Å². The van der Waals surface area contributed by atoms with Crippen molar-refractivity contribution in [2.45, 2.75) is 39.2 Å². The lowest BCUT2D eigenvalue weighted by molar-refractivity contribution is 0.380. The predicted octanol–water partition coefficient (Wildman–Crippen LogP) is 2.79. The summed E-state index contributed by atoms with van der Waals surface area (Å²) in [6.45, 7) is 8.73. The first kappa shape index (κ1) is 13.5. The minimum Gasteiger partial charge on any atom is -0.337 e. The molecule has 3 nitrogen and oxygen atoms in total. The number of rotatable bonds is 4. The van der Waals surface area contributed by atoms with E-state index in [-0.39, 0.29) is 5.41 Å². The maximum Gasteiger partial charge on any atom is 0.177 e. The lowest BCUT2D eigenvalue weighted by atomic mass is 9.92. The van der Waals surface area contributed by atoms with E-state index < -0.39 is 0 Å². The van der Waals surface area contributed by atoms with Crippen LogP contribution in [0, 0.1) is 4.77 Å². The van der Waals surface area contributed by atoms with E-state index >= 15 is 0 Å². The number of hydrogen-bond acceptors (Lipinski definition) is 2. The zero-order valence-corrected chi connectivity index (χ0v) is 11.8. The number of nitrogens with one attached hydrogen (secondary N) is 1. The van der Waals surface area contributed by atoms with E-state index in [1.54, 1.807) is 0 Å². The lowest BCUT2D eigenvalue weighted by Gasteiger charge is -2.21. The van der Waals surface area contributed by atoms with Crippen molar-refractivity contribution in [2.24, 2.45) is 0 Å². The van der Waals surface area contributed by atoms with Crippen molar-refractivity contribution in [1.82, 2.24) is 14.5 Å². The first-order valence-corrected chi connectivity index (χ1v) is 6.16. The van der Waals surface area contributed by atoms with Crippen LogP contribution in [0.1, 0.15) is 32.9 Å². The number of H-pyrrole nitrogens is 1. The molecule has 1 heterocycles. The number of aromatic amines is 1. The molecule has 1 rings (SSSR count). The Hall–Kier alpha value is -0.610. The van der Waals surface area contributed by atoms with Gasteiger partial charge >= 0.3 is 0 Å². The summed E-state index contributed by atoms with van der Waals surface area (Å²) in [5, 5.41) is 0. The maximum absolute atomic E-state index is 5.31. The van der Waals surface area contributed by atoms with E-state index in [2.05, 4.69) is 49.3 Å². The van der Waals surface area contributed by atoms with Gasteiger partial charge in [0.2, 0.25) is 0 Å². The largest absolute Gasteiger partial charge is 0.337 e. The molecule has 0 radical (unpaired) electrons. The molecule has 0 spiro atoms. The van der Waals surface area contributed by atoms with Crippen molar-refractivity contribution >= 4 is 12.2 Å². The third-order valence-electron chi connectivity index (χ3n) is 2.62. The Balaban J connectivity index is 2.79. The average molecular weight is 241 g/mol. The summed E-state index contributed by atoms with van der Waals surface area (Å²) in [5.41, 5.74) is 1.43. The fourth-order valence-corrected chi connectivity index (χ4v) is 2.03. The molecule has 0 saturated heterocycles. The molecule has 1 aromatic heterocycles. The van der Waals surface area contributed by atoms with Crippen LogP contribution >= 0.6 is 12.2 Å². The van der Waals surface area contributed by atoms with E-state index in [0.29, 0.717) is 0 Å². The highest BCUT2D eigenvalue weighted by Crippen LogP contribution is 2.22. The fraction of sp³-hybridized carbons (Fsp3) is 0.750. The SMILES string of the molecule is CN(C)CCCn1c(C(C)(C)C)c[nH]c1=S. The Morgan fingerprint density at radius 1 is 1.38 bits per heavy atom. The molecule has 0 aromatic carbocycles. The summed E-state index contributed by atoms with van der Waals surface area (Å²) in [5.74, 6) is 0. The van der Waals surface area contributed by atoms with Gasteiger partial charge in [-0.2, -0.15) is 0 Å². The van der Waals surface area contributed by atoms with Gasteiger partial charge in [-0.25, -0.2) is 0 Å². The minimum absolute atomic E-state index is 0.145. The number of imidazole rings is 1. The highest BCUT2D eigenvalue weighted by Gasteiger charge is 2.18. The zero-order chi connectivity index (χ0) is 12.3. The third kappa shape index (κ3) is 3.46. The minimum atomic E-state index is 0.145. The summed E-state index contributed by atoms with van der Waals surface area (Å²) in [6.07, 6.45) is 3.17. The van der Waals surface area contributed by atoms with Crippen molar-refractivity contribution in [2.75, 3.05) is 20.6 Å². The molecule has 1 aromatic rings. The second-order valence-corrected chi connectivity index (χ2v) is 5.92. The molecule has 0 saturated carbocycles. The van der Waals surface area contributed by atoms with Gasteiger partial charge in [-0.05, 0) is 39.3 Å². The summed E-state index contributed by atoms with van der Waals surface area (Å²) in [4.78, 5) is 5.35. The molecule has 1 N–H and O–H groups in total. The van der Waals surface area contributed by atoms with Crippen molar-refractivity contribution in [3.8, 4) is 0 Å². The number of hydrogen-bond donors (Lipinski definition) is 1. The van der Waals surface area contributed by atoms with Crippen LogP contribution < -0.4 is 0 Å². The van der Waals surface area contributed by atoms with Crippen LogP contribution in [-0.2, 0) is 12.0 Å². The highest BCUT2D eigenvalue weighted by atomic mass is 32.1. The second-order valence-electron chi connectivity index (χ2n) is 5.54. The van der Waals surface area contributed by atoms with Crippen molar-refractivity contribution in [3.05, 3.63) is 16.7 Å². The van der Waals surface area contributed by atoms with Crippen LogP contribution in [-0.4, -0.2) is 35.1 Å². The Morgan fingerprint density at radius 2 is 2.00 bits per heavy atom. The van der Waals surface area contributed by atoms with Crippen LogP contribution in [0.2, 0.25) is 0 Å². The molecule has 4 heteroatoms. The van der Waals surface area contributed by atoms with Gasteiger partial charge < -0.3 is 14.5 Å². The Bertz CT molecular complexity index is 382. The van der Waals surface area contributed by atoms with E-state index in [4.69, 9.17) is 12.2 Å². The normalized spacial score (nSPS) is 12.4. The standard InChI is InChI=1S/C12H23N3S/c1-12(2,3)10-9-13-11(16)15(10)8-6-7-14(4)5/h9H,6-8H2,1-5H3,(H,13,16). The van der Waals surface area contributed by atoms with Gasteiger partial charge in [0.1, 0.15) is 0 Å². The highest BCUT2D eigenvalue weighted by molar-refractivity contribution is 7.71. The average Bonchev–Trinajstić information content (AvgIpc) is 2.46. The summed E-state index contributed by atoms with van der Waals surface area (Å²) < 4.78 is 3.06. The third-order valence-corrected chi connectivity index (χ3v) is 2.96. The van der Waals surface area contributed by atoms with Gasteiger partial charge in [-0.3, -0.25) is 0 Å². The summed E-state index contributed by atoms with van der Waals surface area (Å²) >= 11 is 5.31. The molecule has 0 amide bonds. The molecular weight excluding hydrogens is 218 g/mol. The molecule has 0 unspecified atom stereocenters. The summed E-state index contributed by atoms with van der Waals surface area (Å²) in [7, 11) is 4.20. The fourth-order valence-electron chi connectivity index (χ4n) is 1.78. The molecule has 0 bridgehead atoms. The van der Waals surface area contributed by atoms with Crippen LogP contribution in [0.25, 0.3) is 0 Å². The van der Waals surface area contributed by atoms with E-state index in [1.165, 1.54) is 5.69 Å². The van der Waals surface area contributed by atoms with Gasteiger partial charge in [0.15, 0.2) is 4.77 Å². The number of aromatic nitrogens is 2. The molecule has 92 valence electrons. The molecular formula is C12H23N3S. The van der Waals surface area contributed by atoms with Crippen LogP contribution in [0.15, 0.2) is 6.20 Å². The molecule has 16 heavy (non-hydrogen) atoms. The predicted molar refractivity (Wildman–Crippen MR) is 71.5 cm³/mol. The number of nitrogens with zero attached hydrogens (tertiary/aromatic N) is 2. The van der Waals surface area contributed by atoms with Gasteiger partial charge in [-0.1, -0.05) is 20.8 Å². The van der Waals surface area contributed by atoms with Crippen LogP contribution in [0.3, 0.4) is 0 Å². The van der Waals surface area contributed by atoms with Crippen LogP contribution in [0.4, 0.5) is 0 Å². The van der Waals surface area contributed by atoms with Crippen LogP contribution in [0.5, 0.6) is 0 Å². The van der Waals surface area contributed by atoms with Crippen molar-refractivity contribution < 1.29 is 0 Å². The van der Waals surface area contributed by atoms with Gasteiger partial charge in [0.05, 0.1) is 0 Å². The van der Waals surface area contributed by atoms with Crippen molar-refractivity contribution in [3.63, 3.8) is 0 Å². The second kappa shape index (κ2) is 5.15. The van der Waals surface area contributed by atoms with E-state index in [0.717, 1.165) is 24.3 Å². The molecule has 0 aliphatic heterocycles. The van der Waals surface area contributed by atoms with Gasteiger partial charge in [0, 0.05) is 23.9 Å². The maximum atomic E-state index is 5.31. The molecule has 0 fully saturated rings. The van der Waals surface area contributed by atoms with Gasteiger partial charge in [-0.15, -0.1) is 0 Å². The smallest absolute Gasteiger partial charge is 0.177 e. The topological polar surface area (TPSA) is 24.0 Å². The first-order chi connectivity index (χ1) is 7.32. The van der Waals surface area contributed by atoms with E-state index in [1.807, 2.05) is 6.20 Å². The quantitative estimate of drug-likeness (QED) is 0.820. The Morgan fingerprint density at radius 3 is 2.50 bits per heavy atom. The summed E-state index contributed by atoms with van der Waals surface area (Å²) in [6, 6.07) is 0. The van der Waals surface area contributed by atoms with E-state index in [9.17, 15) is 0 Å². The molecule has 0 aliphatic rings. The Labute approximate surface area is 103 Å². The lowest BCUT2D eigenvalue weighted by Crippen LogP contribution is -2.20. The monoisotopic (exact) mass is 241 g/mol. The first-order valence-electron chi connectivity index (χ1n) is 5.76. The molecule has 0 aliphatic carbocycles. The van der Waals surface area contributed by atoms with Crippen molar-refractivity contribution in [1.29, 1.82) is 0 Å². The molecule has 0 atom stereocenters.